The highest BCUT2D eigenvalue weighted by atomic mass is 35.5. The summed E-state index contributed by atoms with van der Waals surface area (Å²) in [5.41, 5.74) is 2.79. The number of thiazole rings is 1. The SMILES string of the molecule is Cc1ccc(C#N)c(SCCC(=O)Nc2nc(-c3ccc(Cl)cc3Cl)cs2)n1. The minimum atomic E-state index is -0.151. The van der Waals surface area contributed by atoms with E-state index >= 15 is 0 Å². The topological polar surface area (TPSA) is 78.7 Å². The lowest BCUT2D eigenvalue weighted by Gasteiger charge is -2.04. The molecule has 2 aromatic heterocycles. The van der Waals surface area contributed by atoms with Crippen LogP contribution in [0.25, 0.3) is 11.3 Å². The first-order valence-corrected chi connectivity index (χ1v) is 10.8. The summed E-state index contributed by atoms with van der Waals surface area (Å²) in [7, 11) is 0. The average molecular weight is 449 g/mol. The molecule has 0 aliphatic rings. The molecule has 9 heteroatoms. The average Bonchev–Trinajstić information content (AvgIpc) is 3.10. The monoisotopic (exact) mass is 448 g/mol. The number of aromatic nitrogens is 2. The number of pyridine rings is 1. The first kappa shape index (κ1) is 20.6. The lowest BCUT2D eigenvalue weighted by atomic mass is 10.2. The molecule has 3 rings (SSSR count). The van der Waals surface area contributed by atoms with Crippen LogP contribution < -0.4 is 5.32 Å². The molecule has 142 valence electrons. The van der Waals surface area contributed by atoms with Crippen molar-refractivity contribution in [2.45, 2.75) is 18.4 Å². The summed E-state index contributed by atoms with van der Waals surface area (Å²) in [6.45, 7) is 1.87. The number of halogens is 2. The number of aryl methyl sites for hydroxylation is 1. The third kappa shape index (κ3) is 5.24. The third-order valence-electron chi connectivity index (χ3n) is 3.65. The summed E-state index contributed by atoms with van der Waals surface area (Å²) < 4.78 is 0. The predicted molar refractivity (Wildman–Crippen MR) is 115 cm³/mol. The summed E-state index contributed by atoms with van der Waals surface area (Å²) in [4.78, 5) is 21.0. The summed E-state index contributed by atoms with van der Waals surface area (Å²) in [6.07, 6.45) is 0.280. The van der Waals surface area contributed by atoms with E-state index in [1.807, 2.05) is 12.3 Å². The Hall–Kier alpha value is -2.11. The zero-order valence-corrected chi connectivity index (χ0v) is 17.8. The molecule has 0 bridgehead atoms. The molecule has 0 aliphatic carbocycles. The van der Waals surface area contributed by atoms with Crippen LogP contribution in [0, 0.1) is 18.3 Å². The Morgan fingerprint density at radius 1 is 1.29 bits per heavy atom. The normalized spacial score (nSPS) is 10.5. The fraction of sp³-hybridized carbons (Fsp3) is 0.158. The van der Waals surface area contributed by atoms with Crippen molar-refractivity contribution in [2.24, 2.45) is 0 Å². The maximum atomic E-state index is 12.2. The van der Waals surface area contributed by atoms with Crippen molar-refractivity contribution in [3.8, 4) is 17.3 Å². The van der Waals surface area contributed by atoms with Gasteiger partial charge in [-0.3, -0.25) is 4.79 Å². The molecule has 0 atom stereocenters. The molecular formula is C19H14Cl2N4OS2. The highest BCUT2D eigenvalue weighted by Gasteiger charge is 2.12. The van der Waals surface area contributed by atoms with Crippen molar-refractivity contribution in [3.63, 3.8) is 0 Å². The quantitative estimate of drug-likeness (QED) is 0.481. The van der Waals surface area contributed by atoms with Crippen molar-refractivity contribution in [3.05, 3.63) is 57.0 Å². The van der Waals surface area contributed by atoms with E-state index in [2.05, 4.69) is 21.4 Å². The number of rotatable bonds is 6. The summed E-state index contributed by atoms with van der Waals surface area (Å²) in [5, 5.41) is 16.0. The van der Waals surface area contributed by atoms with E-state index in [4.69, 9.17) is 28.5 Å². The number of thioether (sulfide) groups is 1. The van der Waals surface area contributed by atoms with E-state index in [-0.39, 0.29) is 12.3 Å². The number of nitriles is 1. The molecule has 5 nitrogen and oxygen atoms in total. The van der Waals surface area contributed by atoms with Crippen molar-refractivity contribution in [1.29, 1.82) is 5.26 Å². The minimum absolute atomic E-state index is 0.151. The smallest absolute Gasteiger partial charge is 0.226 e. The van der Waals surface area contributed by atoms with Gasteiger partial charge in [-0.15, -0.1) is 23.1 Å². The molecular weight excluding hydrogens is 435 g/mol. The van der Waals surface area contributed by atoms with Gasteiger partial charge in [-0.05, 0) is 37.3 Å². The molecule has 0 saturated carbocycles. The molecule has 2 heterocycles. The van der Waals surface area contributed by atoms with E-state index in [1.165, 1.54) is 23.1 Å². The van der Waals surface area contributed by atoms with Gasteiger partial charge in [-0.1, -0.05) is 23.2 Å². The first-order valence-electron chi connectivity index (χ1n) is 8.17. The molecule has 0 aliphatic heterocycles. The molecule has 28 heavy (non-hydrogen) atoms. The number of hydrogen-bond acceptors (Lipinski definition) is 6. The van der Waals surface area contributed by atoms with Crippen molar-refractivity contribution in [2.75, 3.05) is 11.1 Å². The van der Waals surface area contributed by atoms with Gasteiger partial charge in [0.15, 0.2) is 5.13 Å². The van der Waals surface area contributed by atoms with Gasteiger partial charge in [0.25, 0.3) is 0 Å². The van der Waals surface area contributed by atoms with Crippen LogP contribution in [0.15, 0.2) is 40.7 Å². The van der Waals surface area contributed by atoms with E-state index in [0.29, 0.717) is 37.2 Å². The number of anilines is 1. The van der Waals surface area contributed by atoms with Crippen molar-refractivity contribution >= 4 is 57.3 Å². The van der Waals surface area contributed by atoms with Gasteiger partial charge in [0.05, 0.1) is 16.3 Å². The highest BCUT2D eigenvalue weighted by molar-refractivity contribution is 7.99. The standard InChI is InChI=1S/C19H14Cl2N4OS2/c1-11-2-3-12(9-22)18(23-11)27-7-6-17(26)25-19-24-16(10-28-19)14-5-4-13(20)8-15(14)21/h2-5,8,10H,6-7H2,1H3,(H,24,25,26). The van der Waals surface area contributed by atoms with Gasteiger partial charge >= 0.3 is 0 Å². The van der Waals surface area contributed by atoms with Crippen LogP contribution in [-0.2, 0) is 4.79 Å². The van der Waals surface area contributed by atoms with Crippen LogP contribution in [0.4, 0.5) is 5.13 Å². The molecule has 1 N–H and O–H groups in total. The van der Waals surface area contributed by atoms with Gasteiger partial charge in [0, 0.05) is 33.8 Å². The second kappa shape index (κ2) is 9.39. The zero-order chi connectivity index (χ0) is 20.1. The summed E-state index contributed by atoms with van der Waals surface area (Å²) in [6, 6.07) is 10.8. The van der Waals surface area contributed by atoms with Crippen LogP contribution in [0.3, 0.4) is 0 Å². The minimum Gasteiger partial charge on any atom is -0.302 e. The number of nitrogens with one attached hydrogen (secondary N) is 1. The van der Waals surface area contributed by atoms with E-state index in [0.717, 1.165) is 11.3 Å². The number of amides is 1. The summed E-state index contributed by atoms with van der Waals surface area (Å²) in [5.74, 6) is 0.361. The van der Waals surface area contributed by atoms with Crippen molar-refractivity contribution in [1.82, 2.24) is 9.97 Å². The largest absolute Gasteiger partial charge is 0.302 e. The van der Waals surface area contributed by atoms with Gasteiger partial charge in [-0.2, -0.15) is 5.26 Å². The van der Waals surface area contributed by atoms with Crippen LogP contribution in [0.2, 0.25) is 10.0 Å². The van der Waals surface area contributed by atoms with Crippen LogP contribution in [0.1, 0.15) is 17.7 Å². The molecule has 0 radical (unpaired) electrons. The number of hydrogen-bond donors (Lipinski definition) is 1. The molecule has 0 unspecified atom stereocenters. The van der Waals surface area contributed by atoms with E-state index in [9.17, 15) is 4.79 Å². The second-order valence-corrected chi connectivity index (χ2v) is 8.51. The number of nitrogens with zero attached hydrogens (tertiary/aromatic N) is 3. The Morgan fingerprint density at radius 3 is 2.86 bits per heavy atom. The Labute approximate surface area is 180 Å². The van der Waals surface area contributed by atoms with Gasteiger partial charge in [0.2, 0.25) is 5.91 Å². The Morgan fingerprint density at radius 2 is 2.11 bits per heavy atom. The van der Waals surface area contributed by atoms with Crippen LogP contribution in [-0.4, -0.2) is 21.6 Å². The lowest BCUT2D eigenvalue weighted by Crippen LogP contribution is -2.12. The van der Waals surface area contributed by atoms with E-state index < -0.39 is 0 Å². The summed E-state index contributed by atoms with van der Waals surface area (Å²) >= 11 is 14.8. The number of carbonyl (C=O) groups is 1. The fourth-order valence-corrected chi connectivity index (χ4v) is 4.49. The van der Waals surface area contributed by atoms with E-state index in [1.54, 1.807) is 30.3 Å². The molecule has 0 fully saturated rings. The van der Waals surface area contributed by atoms with Gasteiger partial charge in [0.1, 0.15) is 11.1 Å². The molecule has 3 aromatic rings. The second-order valence-electron chi connectivity index (χ2n) is 5.73. The molecule has 0 saturated heterocycles. The highest BCUT2D eigenvalue weighted by Crippen LogP contribution is 2.32. The first-order chi connectivity index (χ1) is 13.5. The molecule has 0 spiro atoms. The Balaban J connectivity index is 1.57. The molecule has 1 aromatic carbocycles. The Kier molecular flexibility index (Phi) is 6.92. The van der Waals surface area contributed by atoms with Crippen molar-refractivity contribution < 1.29 is 4.79 Å². The van der Waals surface area contributed by atoms with Crippen LogP contribution in [0.5, 0.6) is 0 Å². The third-order valence-corrected chi connectivity index (χ3v) is 5.94. The zero-order valence-electron chi connectivity index (χ0n) is 14.7. The lowest BCUT2D eigenvalue weighted by molar-refractivity contribution is -0.115. The predicted octanol–water partition coefficient (Wildman–Crippen LogP) is 5.81. The van der Waals surface area contributed by atoms with Crippen LogP contribution >= 0.6 is 46.3 Å². The number of benzene rings is 1. The van der Waals surface area contributed by atoms with Gasteiger partial charge in [-0.25, -0.2) is 9.97 Å². The number of carbonyl (C=O) groups excluding carboxylic acids is 1. The fourth-order valence-electron chi connectivity index (χ4n) is 2.30. The van der Waals surface area contributed by atoms with Gasteiger partial charge < -0.3 is 5.32 Å². The Bertz CT molecular complexity index is 1060. The molecule has 1 amide bonds. The maximum absolute atomic E-state index is 12.2. The maximum Gasteiger partial charge on any atom is 0.226 e.